The summed E-state index contributed by atoms with van der Waals surface area (Å²) in [6, 6.07) is 0. The largest absolute Gasteiger partial charge is 0.371 e. The van der Waals surface area contributed by atoms with E-state index < -0.39 is 0 Å². The maximum Gasteiger partial charge on any atom is 0.0810 e. The fourth-order valence-electron chi connectivity index (χ4n) is 3.10. The first kappa shape index (κ1) is 17.0. The highest BCUT2D eigenvalue weighted by molar-refractivity contribution is 4.90. The van der Waals surface area contributed by atoms with Gasteiger partial charge in [0.05, 0.1) is 11.7 Å². The molecule has 0 aromatic heterocycles. The van der Waals surface area contributed by atoms with E-state index in [0.717, 1.165) is 13.0 Å². The van der Waals surface area contributed by atoms with Gasteiger partial charge in [0.1, 0.15) is 0 Å². The van der Waals surface area contributed by atoms with Crippen LogP contribution in [0.2, 0.25) is 0 Å². The summed E-state index contributed by atoms with van der Waals surface area (Å²) >= 11 is 0. The third-order valence-electron chi connectivity index (χ3n) is 3.96. The fraction of sp³-hybridized carbons (Fsp3) is 1.00. The predicted octanol–water partition coefficient (Wildman–Crippen LogP) is 4.53. The Bertz CT molecular complexity index is 248. The smallest absolute Gasteiger partial charge is 0.0810 e. The first-order valence-electron chi connectivity index (χ1n) is 8.15. The number of ether oxygens (including phenoxy) is 1. The van der Waals surface area contributed by atoms with Gasteiger partial charge in [0.25, 0.3) is 0 Å². The van der Waals surface area contributed by atoms with E-state index in [-0.39, 0.29) is 11.1 Å². The number of hydrogen-bond acceptors (Lipinski definition) is 2. The second kappa shape index (κ2) is 7.08. The van der Waals surface area contributed by atoms with Gasteiger partial charge >= 0.3 is 0 Å². The van der Waals surface area contributed by atoms with Crippen molar-refractivity contribution in [3.63, 3.8) is 0 Å². The third-order valence-corrected chi connectivity index (χ3v) is 3.96. The van der Waals surface area contributed by atoms with Crippen molar-refractivity contribution in [1.29, 1.82) is 0 Å². The first-order chi connectivity index (χ1) is 8.72. The highest BCUT2D eigenvalue weighted by Gasteiger charge is 2.35. The normalized spacial score (nSPS) is 21.6. The molecule has 1 aliphatic rings. The zero-order chi connectivity index (χ0) is 14.5. The van der Waals surface area contributed by atoms with Crippen molar-refractivity contribution < 1.29 is 4.74 Å². The maximum atomic E-state index is 6.52. The van der Waals surface area contributed by atoms with Gasteiger partial charge in [-0.25, -0.2) is 0 Å². The van der Waals surface area contributed by atoms with Crippen molar-refractivity contribution in [2.24, 2.45) is 5.92 Å². The Balaban J connectivity index is 2.59. The highest BCUT2D eigenvalue weighted by atomic mass is 16.5. The second-order valence-electron chi connectivity index (χ2n) is 7.91. The van der Waals surface area contributed by atoms with Crippen LogP contribution in [-0.4, -0.2) is 23.8 Å². The van der Waals surface area contributed by atoms with E-state index in [2.05, 4.69) is 46.9 Å². The van der Waals surface area contributed by atoms with Crippen LogP contribution in [0.4, 0.5) is 0 Å². The van der Waals surface area contributed by atoms with Crippen molar-refractivity contribution in [1.82, 2.24) is 5.32 Å². The lowest BCUT2D eigenvalue weighted by Crippen LogP contribution is -2.51. The molecule has 1 aliphatic carbocycles. The van der Waals surface area contributed by atoms with Gasteiger partial charge in [-0.15, -0.1) is 0 Å². The minimum Gasteiger partial charge on any atom is -0.371 e. The lowest BCUT2D eigenvalue weighted by Gasteiger charge is -2.41. The van der Waals surface area contributed by atoms with Gasteiger partial charge in [0, 0.05) is 12.1 Å². The molecule has 19 heavy (non-hydrogen) atoms. The van der Waals surface area contributed by atoms with Gasteiger partial charge in [-0.3, -0.25) is 0 Å². The van der Waals surface area contributed by atoms with Gasteiger partial charge in [0.2, 0.25) is 0 Å². The summed E-state index contributed by atoms with van der Waals surface area (Å²) in [6.45, 7) is 14.5. The average Bonchev–Trinajstić information content (AvgIpc) is 2.25. The molecule has 1 unspecified atom stereocenters. The maximum absolute atomic E-state index is 6.52. The minimum atomic E-state index is 0.0832. The van der Waals surface area contributed by atoms with Gasteiger partial charge in [-0.05, 0) is 52.9 Å². The number of rotatable bonds is 6. The molecule has 0 aromatic carbocycles. The molecule has 0 heterocycles. The highest BCUT2D eigenvalue weighted by Crippen LogP contribution is 2.33. The molecule has 1 saturated carbocycles. The average molecular weight is 269 g/mol. The summed E-state index contributed by atoms with van der Waals surface area (Å²) < 4.78 is 6.52. The van der Waals surface area contributed by atoms with E-state index in [1.807, 2.05) is 0 Å². The molecule has 1 atom stereocenters. The fourth-order valence-corrected chi connectivity index (χ4v) is 3.10. The molecule has 2 heteroatoms. The molecule has 0 bridgehead atoms. The van der Waals surface area contributed by atoms with Crippen LogP contribution in [0.3, 0.4) is 0 Å². The van der Waals surface area contributed by atoms with Crippen LogP contribution < -0.4 is 5.32 Å². The van der Waals surface area contributed by atoms with Crippen molar-refractivity contribution in [3.8, 4) is 0 Å². The summed E-state index contributed by atoms with van der Waals surface area (Å²) in [5.74, 6) is 0.714. The Kier molecular flexibility index (Phi) is 6.32. The van der Waals surface area contributed by atoms with Gasteiger partial charge < -0.3 is 10.1 Å². The van der Waals surface area contributed by atoms with Crippen molar-refractivity contribution >= 4 is 0 Å². The Labute approximate surface area is 120 Å². The predicted molar refractivity (Wildman–Crippen MR) is 83.6 cm³/mol. The Morgan fingerprint density at radius 2 is 1.63 bits per heavy atom. The molecule has 0 radical (unpaired) electrons. The van der Waals surface area contributed by atoms with E-state index in [0.29, 0.717) is 12.0 Å². The Hall–Kier alpha value is -0.0800. The summed E-state index contributed by atoms with van der Waals surface area (Å²) in [6.07, 6.45) is 7.99. The topological polar surface area (TPSA) is 21.3 Å². The summed E-state index contributed by atoms with van der Waals surface area (Å²) in [4.78, 5) is 0. The first-order valence-corrected chi connectivity index (χ1v) is 8.15. The third kappa shape index (κ3) is 6.76. The van der Waals surface area contributed by atoms with Crippen molar-refractivity contribution in [3.05, 3.63) is 0 Å². The minimum absolute atomic E-state index is 0.0832. The van der Waals surface area contributed by atoms with Crippen molar-refractivity contribution in [2.75, 3.05) is 6.54 Å². The molecule has 2 nitrogen and oxygen atoms in total. The monoisotopic (exact) mass is 269 g/mol. The molecule has 1 rings (SSSR count). The lowest BCUT2D eigenvalue weighted by atomic mass is 9.83. The second-order valence-corrected chi connectivity index (χ2v) is 7.91. The zero-order valence-corrected chi connectivity index (χ0v) is 14.0. The molecule has 0 aromatic rings. The van der Waals surface area contributed by atoms with Crippen LogP contribution in [0, 0.1) is 5.92 Å². The molecule has 114 valence electrons. The molecular weight excluding hydrogens is 234 g/mol. The standard InChI is InChI=1S/C17H35NO/c1-14(2)12-15(3)19-17(10-8-7-9-11-17)13-18-16(4,5)6/h14-15,18H,7-13H2,1-6H3. The number of nitrogens with one attached hydrogen (secondary N) is 1. The zero-order valence-electron chi connectivity index (χ0n) is 14.0. The molecule has 0 amide bonds. The van der Waals surface area contributed by atoms with Crippen molar-refractivity contribution in [2.45, 2.75) is 97.3 Å². The molecule has 0 saturated heterocycles. The number of hydrogen-bond donors (Lipinski definition) is 1. The summed E-state index contributed by atoms with van der Waals surface area (Å²) in [5.41, 5.74) is 0.259. The van der Waals surface area contributed by atoms with E-state index in [1.54, 1.807) is 0 Å². The van der Waals surface area contributed by atoms with Crippen LogP contribution in [0.5, 0.6) is 0 Å². The van der Waals surface area contributed by atoms with Gasteiger partial charge in [-0.1, -0.05) is 33.1 Å². The van der Waals surface area contributed by atoms with E-state index >= 15 is 0 Å². The van der Waals surface area contributed by atoms with Crippen LogP contribution >= 0.6 is 0 Å². The van der Waals surface area contributed by atoms with Gasteiger partial charge in [-0.2, -0.15) is 0 Å². The molecule has 1 fully saturated rings. The van der Waals surface area contributed by atoms with Gasteiger partial charge in [0.15, 0.2) is 0 Å². The quantitative estimate of drug-likeness (QED) is 0.765. The Morgan fingerprint density at radius 3 is 2.11 bits per heavy atom. The molecular formula is C17H35NO. The van der Waals surface area contributed by atoms with E-state index in [4.69, 9.17) is 4.74 Å². The van der Waals surface area contributed by atoms with Crippen LogP contribution in [0.15, 0.2) is 0 Å². The molecule has 0 aliphatic heterocycles. The van der Waals surface area contributed by atoms with E-state index in [9.17, 15) is 0 Å². The van der Waals surface area contributed by atoms with E-state index in [1.165, 1.54) is 32.1 Å². The van der Waals surface area contributed by atoms with Crippen LogP contribution in [0.1, 0.15) is 80.1 Å². The SMILES string of the molecule is CC(C)CC(C)OC1(CNC(C)(C)C)CCCCC1. The van der Waals surface area contributed by atoms with Crippen LogP contribution in [0.25, 0.3) is 0 Å². The molecule has 1 N–H and O–H groups in total. The molecule has 0 spiro atoms. The Morgan fingerprint density at radius 1 is 1.05 bits per heavy atom. The summed E-state index contributed by atoms with van der Waals surface area (Å²) in [5, 5.41) is 3.67. The lowest BCUT2D eigenvalue weighted by molar-refractivity contribution is -0.113. The summed E-state index contributed by atoms with van der Waals surface area (Å²) in [7, 11) is 0. The van der Waals surface area contributed by atoms with Crippen LogP contribution in [-0.2, 0) is 4.74 Å².